The van der Waals surface area contributed by atoms with Crippen molar-refractivity contribution in [1.82, 2.24) is 20.1 Å². The highest BCUT2D eigenvalue weighted by molar-refractivity contribution is 7.11. The van der Waals surface area contributed by atoms with Crippen LogP contribution in [0.1, 0.15) is 33.7 Å². The summed E-state index contributed by atoms with van der Waals surface area (Å²) in [5.41, 5.74) is 2.38. The average Bonchev–Trinajstić information content (AvgIpc) is 3.11. The number of aryl methyl sites for hydroxylation is 2. The molecule has 0 aromatic carbocycles. The second-order valence-electron chi connectivity index (χ2n) is 5.22. The largest absolute Gasteiger partial charge is 0.372 e. The lowest BCUT2D eigenvalue weighted by Gasteiger charge is -2.19. The lowest BCUT2D eigenvalue weighted by molar-refractivity contribution is 0.0979. The first-order valence-corrected chi connectivity index (χ1v) is 7.71. The maximum atomic E-state index is 5.91. The van der Waals surface area contributed by atoms with E-state index in [-0.39, 0.29) is 6.10 Å². The average molecular weight is 292 g/mol. The van der Waals surface area contributed by atoms with Crippen molar-refractivity contribution in [3.8, 4) is 0 Å². The Kier molecular flexibility index (Phi) is 3.87. The zero-order valence-corrected chi connectivity index (χ0v) is 12.9. The summed E-state index contributed by atoms with van der Waals surface area (Å²) in [6, 6.07) is 0.348. The van der Waals surface area contributed by atoms with Gasteiger partial charge in [-0.1, -0.05) is 0 Å². The highest BCUT2D eigenvalue weighted by Crippen LogP contribution is 2.31. The molecule has 0 saturated carbocycles. The molecule has 5 nitrogen and oxygen atoms in total. The first-order valence-electron chi connectivity index (χ1n) is 6.90. The van der Waals surface area contributed by atoms with Gasteiger partial charge >= 0.3 is 0 Å². The van der Waals surface area contributed by atoms with E-state index < -0.39 is 0 Å². The van der Waals surface area contributed by atoms with Gasteiger partial charge in [0.2, 0.25) is 0 Å². The van der Waals surface area contributed by atoms with Gasteiger partial charge in [-0.15, -0.1) is 11.3 Å². The Morgan fingerprint density at radius 2 is 2.30 bits per heavy atom. The van der Waals surface area contributed by atoms with Crippen molar-refractivity contribution in [2.45, 2.75) is 39.0 Å². The summed E-state index contributed by atoms with van der Waals surface area (Å²) in [5.74, 6) is 0. The summed E-state index contributed by atoms with van der Waals surface area (Å²) in [4.78, 5) is 5.56. The monoisotopic (exact) mass is 292 g/mol. The van der Waals surface area contributed by atoms with E-state index in [1.54, 1.807) is 11.3 Å². The van der Waals surface area contributed by atoms with Gasteiger partial charge in [-0.25, -0.2) is 4.98 Å². The summed E-state index contributed by atoms with van der Waals surface area (Å²) in [5, 5.41) is 9.04. The number of rotatable bonds is 4. The number of nitrogens with zero attached hydrogens (tertiary/aromatic N) is 3. The van der Waals surface area contributed by atoms with Crippen molar-refractivity contribution >= 4 is 11.3 Å². The van der Waals surface area contributed by atoms with Crippen LogP contribution in [0, 0.1) is 13.8 Å². The molecule has 0 bridgehead atoms. The number of thiazole rings is 1. The molecule has 1 aliphatic heterocycles. The van der Waals surface area contributed by atoms with Crippen molar-refractivity contribution < 1.29 is 4.74 Å². The molecule has 0 unspecified atom stereocenters. The molecule has 3 heterocycles. The zero-order valence-electron chi connectivity index (χ0n) is 12.1. The standard InChI is InChI=1S/C14H20N4OS/c1-9-12(8-17-18(9)3)14-13(4-5-19-14)16-7-11-6-15-10(2)20-11/h6,8,13-14,16H,4-5,7H2,1-3H3/t13-,14+/m0/s1. The minimum absolute atomic E-state index is 0.109. The predicted molar refractivity (Wildman–Crippen MR) is 78.7 cm³/mol. The van der Waals surface area contributed by atoms with Gasteiger partial charge < -0.3 is 10.1 Å². The van der Waals surface area contributed by atoms with Crippen molar-refractivity contribution in [3.63, 3.8) is 0 Å². The molecule has 1 aliphatic rings. The second-order valence-corrected chi connectivity index (χ2v) is 6.54. The molecule has 1 fully saturated rings. The third-order valence-electron chi connectivity index (χ3n) is 3.88. The predicted octanol–water partition coefficient (Wildman–Crippen LogP) is 2.11. The van der Waals surface area contributed by atoms with Crippen LogP contribution in [0.4, 0.5) is 0 Å². The summed E-state index contributed by atoms with van der Waals surface area (Å²) in [7, 11) is 1.97. The van der Waals surface area contributed by atoms with Gasteiger partial charge in [-0.2, -0.15) is 5.10 Å². The Hall–Kier alpha value is -1.24. The maximum absolute atomic E-state index is 5.91. The molecular weight excluding hydrogens is 272 g/mol. The van der Waals surface area contributed by atoms with Gasteiger partial charge in [0.25, 0.3) is 0 Å². The molecule has 2 aromatic rings. The Balaban J connectivity index is 1.68. The third-order valence-corrected chi connectivity index (χ3v) is 4.79. The smallest absolute Gasteiger partial charge is 0.101 e. The molecule has 108 valence electrons. The molecule has 1 N–H and O–H groups in total. The Labute approximate surface area is 123 Å². The minimum atomic E-state index is 0.109. The van der Waals surface area contributed by atoms with E-state index in [2.05, 4.69) is 22.3 Å². The van der Waals surface area contributed by atoms with Gasteiger partial charge in [0.05, 0.1) is 11.2 Å². The van der Waals surface area contributed by atoms with Crippen LogP contribution >= 0.6 is 11.3 Å². The normalized spacial score (nSPS) is 22.6. The molecule has 0 spiro atoms. The Morgan fingerprint density at radius 1 is 1.45 bits per heavy atom. The molecular formula is C14H20N4OS. The minimum Gasteiger partial charge on any atom is -0.372 e. The molecule has 0 amide bonds. The SMILES string of the molecule is Cc1ncc(CN[C@H]2CCO[C@@H]2c2cnn(C)c2C)s1. The number of aromatic nitrogens is 3. The van der Waals surface area contributed by atoms with Crippen molar-refractivity contribution in [3.05, 3.63) is 33.5 Å². The summed E-state index contributed by atoms with van der Waals surface area (Å²) < 4.78 is 7.81. The quantitative estimate of drug-likeness (QED) is 0.938. The van der Waals surface area contributed by atoms with Gasteiger partial charge in [0.1, 0.15) is 6.10 Å². The fraction of sp³-hybridized carbons (Fsp3) is 0.571. The van der Waals surface area contributed by atoms with E-state index in [1.807, 2.05) is 31.0 Å². The van der Waals surface area contributed by atoms with E-state index in [9.17, 15) is 0 Å². The van der Waals surface area contributed by atoms with Gasteiger partial charge in [-0.05, 0) is 20.3 Å². The number of hydrogen-bond donors (Lipinski definition) is 1. The van der Waals surface area contributed by atoms with Crippen LogP contribution in [-0.4, -0.2) is 27.4 Å². The van der Waals surface area contributed by atoms with E-state index in [1.165, 1.54) is 16.1 Å². The molecule has 6 heteroatoms. The van der Waals surface area contributed by atoms with Crippen LogP contribution in [-0.2, 0) is 18.3 Å². The van der Waals surface area contributed by atoms with E-state index in [0.29, 0.717) is 6.04 Å². The van der Waals surface area contributed by atoms with Crippen molar-refractivity contribution in [2.24, 2.45) is 7.05 Å². The lowest BCUT2D eigenvalue weighted by Crippen LogP contribution is -2.31. The highest BCUT2D eigenvalue weighted by atomic mass is 32.1. The summed E-state index contributed by atoms with van der Waals surface area (Å²) >= 11 is 1.74. The summed E-state index contributed by atoms with van der Waals surface area (Å²) in [6.07, 6.45) is 5.03. The first-order chi connectivity index (χ1) is 9.65. The fourth-order valence-electron chi connectivity index (χ4n) is 2.62. The summed E-state index contributed by atoms with van der Waals surface area (Å²) in [6.45, 7) is 5.79. The molecule has 0 aliphatic carbocycles. The maximum Gasteiger partial charge on any atom is 0.101 e. The molecule has 2 aromatic heterocycles. The van der Waals surface area contributed by atoms with Crippen molar-refractivity contribution in [2.75, 3.05) is 6.61 Å². The first kappa shape index (κ1) is 13.7. The van der Waals surface area contributed by atoms with Gasteiger partial charge in [0.15, 0.2) is 0 Å². The molecule has 2 atom stereocenters. The molecule has 3 rings (SSSR count). The molecule has 1 saturated heterocycles. The van der Waals surface area contributed by atoms with Crippen LogP contribution < -0.4 is 5.32 Å². The van der Waals surface area contributed by atoms with E-state index >= 15 is 0 Å². The second kappa shape index (κ2) is 5.63. The number of hydrogen-bond acceptors (Lipinski definition) is 5. The third kappa shape index (κ3) is 2.63. The van der Waals surface area contributed by atoms with Crippen LogP contribution in [0.25, 0.3) is 0 Å². The van der Waals surface area contributed by atoms with E-state index in [4.69, 9.17) is 4.74 Å². The van der Waals surface area contributed by atoms with Gasteiger partial charge in [0, 0.05) is 48.6 Å². The van der Waals surface area contributed by atoms with Crippen molar-refractivity contribution in [1.29, 1.82) is 0 Å². The Morgan fingerprint density at radius 3 is 2.95 bits per heavy atom. The number of nitrogens with one attached hydrogen (secondary N) is 1. The Bertz CT molecular complexity index is 592. The van der Waals surface area contributed by atoms with Crippen LogP contribution in [0.3, 0.4) is 0 Å². The van der Waals surface area contributed by atoms with E-state index in [0.717, 1.165) is 24.6 Å². The topological polar surface area (TPSA) is 52.0 Å². The van der Waals surface area contributed by atoms with Gasteiger partial charge in [-0.3, -0.25) is 4.68 Å². The lowest BCUT2D eigenvalue weighted by atomic mass is 10.0. The zero-order chi connectivity index (χ0) is 14.1. The molecule has 20 heavy (non-hydrogen) atoms. The van der Waals surface area contributed by atoms with Crippen LogP contribution in [0.5, 0.6) is 0 Å². The highest BCUT2D eigenvalue weighted by Gasteiger charge is 2.31. The fourth-order valence-corrected chi connectivity index (χ4v) is 3.36. The molecule has 0 radical (unpaired) electrons. The number of ether oxygens (including phenoxy) is 1. The van der Waals surface area contributed by atoms with Crippen LogP contribution in [0.2, 0.25) is 0 Å². The van der Waals surface area contributed by atoms with Crippen LogP contribution in [0.15, 0.2) is 12.4 Å².